The molecule has 2 N–H and O–H groups in total. The van der Waals surface area contributed by atoms with Gasteiger partial charge in [-0.05, 0) is 11.5 Å². The van der Waals surface area contributed by atoms with Gasteiger partial charge in [-0.1, -0.05) is 43.8 Å². The summed E-state index contributed by atoms with van der Waals surface area (Å²) in [6.07, 6.45) is 0. The van der Waals surface area contributed by atoms with Crippen LogP contribution in [0, 0.1) is 5.41 Å². The maximum Gasteiger partial charge on any atom is 0.156 e. The van der Waals surface area contributed by atoms with Crippen LogP contribution in [0.25, 0.3) is 0 Å². The molecular formula is C13H18N2OS. The zero-order valence-corrected chi connectivity index (χ0v) is 11.0. The molecule has 17 heavy (non-hydrogen) atoms. The van der Waals surface area contributed by atoms with Crippen LogP contribution >= 0.6 is 11.8 Å². The molecule has 0 bridgehead atoms. The van der Waals surface area contributed by atoms with Crippen LogP contribution in [0.5, 0.6) is 5.75 Å². The largest absolute Gasteiger partial charge is 0.508 e. The number of amidine groups is 1. The van der Waals surface area contributed by atoms with Crippen molar-refractivity contribution in [1.82, 2.24) is 5.32 Å². The molecule has 1 aromatic carbocycles. The molecule has 1 heterocycles. The summed E-state index contributed by atoms with van der Waals surface area (Å²) in [5.41, 5.74) is 1.20. The van der Waals surface area contributed by atoms with Crippen LogP contribution in [-0.2, 0) is 6.54 Å². The lowest BCUT2D eigenvalue weighted by atomic mass is 9.97. The third-order valence-corrected chi connectivity index (χ3v) is 4.14. The van der Waals surface area contributed by atoms with Gasteiger partial charge in [0.2, 0.25) is 0 Å². The lowest BCUT2D eigenvalue weighted by molar-refractivity contribution is 0.436. The first-order valence-electron chi connectivity index (χ1n) is 5.75. The van der Waals surface area contributed by atoms with E-state index in [2.05, 4.69) is 24.2 Å². The molecule has 0 atom stereocenters. The Balaban J connectivity index is 1.92. The molecule has 2 rings (SSSR count). The molecule has 4 heteroatoms. The highest BCUT2D eigenvalue weighted by Gasteiger charge is 2.23. The number of hydrogen-bond acceptors (Lipinski definition) is 4. The van der Waals surface area contributed by atoms with Crippen molar-refractivity contribution in [1.29, 1.82) is 0 Å². The summed E-state index contributed by atoms with van der Waals surface area (Å²) < 4.78 is 0. The van der Waals surface area contributed by atoms with E-state index in [4.69, 9.17) is 0 Å². The number of benzene rings is 1. The van der Waals surface area contributed by atoms with Crippen LogP contribution < -0.4 is 5.32 Å². The zero-order chi connectivity index (χ0) is 12.3. The first-order valence-corrected chi connectivity index (χ1v) is 6.73. The zero-order valence-electron chi connectivity index (χ0n) is 10.2. The van der Waals surface area contributed by atoms with Crippen molar-refractivity contribution in [2.24, 2.45) is 10.4 Å². The first-order chi connectivity index (χ1) is 8.07. The Labute approximate surface area is 106 Å². The number of phenolic OH excluding ortho intramolecular Hbond substituents is 1. The number of aliphatic imine (C=N–C) groups is 1. The summed E-state index contributed by atoms with van der Waals surface area (Å²) in [6, 6.07) is 7.38. The van der Waals surface area contributed by atoms with Gasteiger partial charge in [-0.2, -0.15) is 0 Å². The minimum atomic E-state index is 0.296. The van der Waals surface area contributed by atoms with Crippen LogP contribution in [-0.4, -0.2) is 22.6 Å². The molecule has 0 amide bonds. The van der Waals surface area contributed by atoms with Crippen LogP contribution in [0.4, 0.5) is 0 Å². The fourth-order valence-electron chi connectivity index (χ4n) is 1.58. The number of phenols is 1. The second kappa shape index (κ2) is 5.00. The van der Waals surface area contributed by atoms with Crippen molar-refractivity contribution < 1.29 is 5.11 Å². The van der Waals surface area contributed by atoms with Gasteiger partial charge < -0.3 is 10.4 Å². The average molecular weight is 250 g/mol. The van der Waals surface area contributed by atoms with Gasteiger partial charge in [-0.25, -0.2) is 0 Å². The molecule has 0 fully saturated rings. The van der Waals surface area contributed by atoms with Crippen LogP contribution in [0.3, 0.4) is 0 Å². The molecule has 3 nitrogen and oxygen atoms in total. The number of aromatic hydroxyl groups is 1. The number of nitrogens with zero attached hydrogens (tertiary/aromatic N) is 1. The molecule has 0 spiro atoms. The minimum Gasteiger partial charge on any atom is -0.508 e. The topological polar surface area (TPSA) is 44.6 Å². The second-order valence-corrected chi connectivity index (χ2v) is 6.02. The van der Waals surface area contributed by atoms with Gasteiger partial charge in [-0.15, -0.1) is 0 Å². The van der Waals surface area contributed by atoms with Gasteiger partial charge in [-0.3, -0.25) is 4.99 Å². The second-order valence-electron chi connectivity index (χ2n) is 5.06. The molecule has 92 valence electrons. The number of nitrogens with one attached hydrogen (secondary N) is 1. The Morgan fingerprint density at radius 2 is 2.18 bits per heavy atom. The van der Waals surface area contributed by atoms with Gasteiger partial charge in [0.25, 0.3) is 0 Å². The van der Waals surface area contributed by atoms with Gasteiger partial charge in [0.15, 0.2) is 5.17 Å². The summed E-state index contributed by atoms with van der Waals surface area (Å²) >= 11 is 1.75. The predicted molar refractivity (Wildman–Crippen MR) is 73.5 cm³/mol. The normalized spacial score (nSPS) is 18.6. The molecule has 1 aromatic rings. The highest BCUT2D eigenvalue weighted by Crippen LogP contribution is 2.27. The lowest BCUT2D eigenvalue weighted by Crippen LogP contribution is -2.30. The fourth-order valence-corrected chi connectivity index (χ4v) is 2.53. The molecule has 0 aliphatic carbocycles. The van der Waals surface area contributed by atoms with E-state index >= 15 is 0 Å². The molecule has 0 saturated heterocycles. The monoisotopic (exact) mass is 250 g/mol. The molecule has 0 aromatic heterocycles. The highest BCUT2D eigenvalue weighted by atomic mass is 32.2. The van der Waals surface area contributed by atoms with Crippen molar-refractivity contribution in [3.05, 3.63) is 29.8 Å². The van der Waals surface area contributed by atoms with Gasteiger partial charge >= 0.3 is 0 Å². The SMILES string of the molecule is CC1(C)CN=C(NCc2ccccc2O)SC1. The Morgan fingerprint density at radius 1 is 1.41 bits per heavy atom. The van der Waals surface area contributed by atoms with E-state index in [-0.39, 0.29) is 0 Å². The first kappa shape index (κ1) is 12.3. The summed E-state index contributed by atoms with van der Waals surface area (Å²) in [4.78, 5) is 4.51. The quantitative estimate of drug-likeness (QED) is 0.848. The number of para-hydroxylation sites is 1. The maximum absolute atomic E-state index is 9.64. The minimum absolute atomic E-state index is 0.296. The van der Waals surface area contributed by atoms with Crippen LogP contribution in [0.2, 0.25) is 0 Å². The summed E-state index contributed by atoms with van der Waals surface area (Å²) in [7, 11) is 0. The summed E-state index contributed by atoms with van der Waals surface area (Å²) in [6.45, 7) is 5.94. The van der Waals surface area contributed by atoms with E-state index in [0.717, 1.165) is 23.0 Å². The predicted octanol–water partition coefficient (Wildman–Crippen LogP) is 2.61. The highest BCUT2D eigenvalue weighted by molar-refractivity contribution is 8.13. The third-order valence-electron chi connectivity index (χ3n) is 2.67. The molecule has 0 unspecified atom stereocenters. The summed E-state index contributed by atoms with van der Waals surface area (Å²) in [5, 5.41) is 13.9. The Bertz CT molecular complexity index is 429. The van der Waals surface area contributed by atoms with E-state index < -0.39 is 0 Å². The van der Waals surface area contributed by atoms with E-state index in [1.807, 2.05) is 18.2 Å². The molecule has 0 saturated carbocycles. The fraction of sp³-hybridized carbons (Fsp3) is 0.462. The van der Waals surface area contributed by atoms with Crippen LogP contribution in [0.15, 0.2) is 29.3 Å². The Kier molecular flexibility index (Phi) is 3.62. The Morgan fingerprint density at radius 3 is 2.82 bits per heavy atom. The van der Waals surface area contributed by atoms with Gasteiger partial charge in [0.05, 0.1) is 0 Å². The van der Waals surface area contributed by atoms with E-state index in [0.29, 0.717) is 17.7 Å². The van der Waals surface area contributed by atoms with Crippen molar-refractivity contribution in [3.8, 4) is 5.75 Å². The van der Waals surface area contributed by atoms with Gasteiger partial charge in [0.1, 0.15) is 5.75 Å². The van der Waals surface area contributed by atoms with Crippen molar-refractivity contribution in [2.75, 3.05) is 12.3 Å². The lowest BCUT2D eigenvalue weighted by Gasteiger charge is -2.27. The molecule has 0 radical (unpaired) electrons. The van der Waals surface area contributed by atoms with Gasteiger partial charge in [0, 0.05) is 24.4 Å². The third kappa shape index (κ3) is 3.40. The van der Waals surface area contributed by atoms with Crippen LogP contribution in [0.1, 0.15) is 19.4 Å². The summed E-state index contributed by atoms with van der Waals surface area (Å²) in [5.74, 6) is 1.42. The van der Waals surface area contributed by atoms with Crippen molar-refractivity contribution in [3.63, 3.8) is 0 Å². The van der Waals surface area contributed by atoms with Crippen molar-refractivity contribution >= 4 is 16.9 Å². The maximum atomic E-state index is 9.64. The standard InChI is InChI=1S/C13H18N2OS/c1-13(2)8-15-12(17-9-13)14-7-10-5-3-4-6-11(10)16/h3-6,16H,7-9H2,1-2H3,(H,14,15). The molecular weight excluding hydrogens is 232 g/mol. The molecule has 1 aliphatic heterocycles. The number of rotatable bonds is 2. The van der Waals surface area contributed by atoms with E-state index in [1.54, 1.807) is 17.8 Å². The number of thioether (sulfide) groups is 1. The Hall–Kier alpha value is -1.16. The molecule has 1 aliphatic rings. The smallest absolute Gasteiger partial charge is 0.156 e. The van der Waals surface area contributed by atoms with E-state index in [1.165, 1.54) is 0 Å². The number of hydrogen-bond donors (Lipinski definition) is 2. The van der Waals surface area contributed by atoms with Crippen molar-refractivity contribution in [2.45, 2.75) is 20.4 Å². The average Bonchev–Trinajstić information content (AvgIpc) is 2.30. The van der Waals surface area contributed by atoms with E-state index in [9.17, 15) is 5.11 Å².